The first-order valence-corrected chi connectivity index (χ1v) is 7.24. The third-order valence-electron chi connectivity index (χ3n) is 3.61. The maximum absolute atomic E-state index is 6.04. The molecule has 2 rings (SSSR count). The van der Waals surface area contributed by atoms with E-state index in [1.54, 1.807) is 18.2 Å². The van der Waals surface area contributed by atoms with Gasteiger partial charge in [-0.15, -0.1) is 5.10 Å². The summed E-state index contributed by atoms with van der Waals surface area (Å²) in [5.74, 6) is 1.29. The number of hydrogen-bond acceptors (Lipinski definition) is 4. The topological polar surface area (TPSA) is 69.6 Å². The highest BCUT2D eigenvalue weighted by molar-refractivity contribution is 6.31. The maximum atomic E-state index is 6.04. The van der Waals surface area contributed by atoms with Crippen LogP contribution in [0.15, 0.2) is 18.2 Å². The number of tetrazole rings is 1. The summed E-state index contributed by atoms with van der Waals surface area (Å²) in [5.41, 5.74) is 7.41. The molecule has 2 N–H and O–H groups in total. The highest BCUT2D eigenvalue weighted by Gasteiger charge is 2.18. The predicted molar refractivity (Wildman–Crippen MR) is 81.5 cm³/mol. The largest absolute Gasteiger partial charge is 0.398 e. The van der Waals surface area contributed by atoms with Gasteiger partial charge < -0.3 is 5.73 Å². The van der Waals surface area contributed by atoms with Gasteiger partial charge in [0.2, 0.25) is 0 Å². The number of nitrogens with zero attached hydrogens (tertiary/aromatic N) is 4. The van der Waals surface area contributed by atoms with E-state index in [1.807, 2.05) is 4.68 Å². The second kappa shape index (κ2) is 6.22. The molecule has 0 aliphatic carbocycles. The Kier molecular flexibility index (Phi) is 4.60. The molecule has 0 saturated carbocycles. The van der Waals surface area contributed by atoms with Crippen molar-refractivity contribution in [1.82, 2.24) is 20.2 Å². The Hall–Kier alpha value is -1.62. The van der Waals surface area contributed by atoms with Gasteiger partial charge in [0.1, 0.15) is 0 Å². The standard InChI is InChI=1S/C14H20ClN5/c1-4-9(2)7-10(3)20-14(17-18-19-20)12-8-11(15)5-6-13(12)16/h5-6,8-10H,4,7,16H2,1-3H3. The molecule has 1 aromatic heterocycles. The van der Waals surface area contributed by atoms with E-state index in [4.69, 9.17) is 17.3 Å². The Morgan fingerprint density at radius 3 is 2.80 bits per heavy atom. The van der Waals surface area contributed by atoms with Gasteiger partial charge in [-0.2, -0.15) is 0 Å². The second-order valence-corrected chi connectivity index (χ2v) is 5.71. The van der Waals surface area contributed by atoms with Crippen molar-refractivity contribution in [3.63, 3.8) is 0 Å². The van der Waals surface area contributed by atoms with Gasteiger partial charge in [-0.05, 0) is 47.9 Å². The normalized spacial score (nSPS) is 14.2. The molecule has 0 amide bonds. The minimum atomic E-state index is 0.216. The quantitative estimate of drug-likeness (QED) is 0.856. The monoisotopic (exact) mass is 293 g/mol. The minimum absolute atomic E-state index is 0.216. The van der Waals surface area contributed by atoms with E-state index in [0.29, 0.717) is 22.5 Å². The van der Waals surface area contributed by atoms with Gasteiger partial charge in [-0.3, -0.25) is 0 Å². The summed E-state index contributed by atoms with van der Waals surface area (Å²) in [4.78, 5) is 0. The Morgan fingerprint density at radius 2 is 2.10 bits per heavy atom. The fraction of sp³-hybridized carbons (Fsp3) is 0.500. The first kappa shape index (κ1) is 14.8. The van der Waals surface area contributed by atoms with Crippen LogP contribution in [0.4, 0.5) is 5.69 Å². The molecule has 108 valence electrons. The lowest BCUT2D eigenvalue weighted by atomic mass is 10.0. The summed E-state index contributed by atoms with van der Waals surface area (Å²) in [6, 6.07) is 5.55. The molecule has 2 unspecified atom stereocenters. The van der Waals surface area contributed by atoms with Crippen molar-refractivity contribution >= 4 is 17.3 Å². The summed E-state index contributed by atoms with van der Waals surface area (Å²) in [7, 11) is 0. The van der Waals surface area contributed by atoms with Crippen LogP contribution in [-0.2, 0) is 0 Å². The molecule has 0 aliphatic rings. The first-order chi connectivity index (χ1) is 9.52. The summed E-state index contributed by atoms with van der Waals surface area (Å²) in [5, 5.41) is 12.6. The lowest BCUT2D eigenvalue weighted by Crippen LogP contribution is -2.12. The molecule has 20 heavy (non-hydrogen) atoms. The third-order valence-corrected chi connectivity index (χ3v) is 3.84. The number of nitrogens with two attached hydrogens (primary N) is 1. The van der Waals surface area contributed by atoms with Crippen molar-refractivity contribution in [3.05, 3.63) is 23.2 Å². The summed E-state index contributed by atoms with van der Waals surface area (Å²) < 4.78 is 1.83. The smallest absolute Gasteiger partial charge is 0.184 e. The van der Waals surface area contributed by atoms with Crippen molar-refractivity contribution in [2.24, 2.45) is 5.92 Å². The minimum Gasteiger partial charge on any atom is -0.398 e. The van der Waals surface area contributed by atoms with Crippen LogP contribution in [-0.4, -0.2) is 20.2 Å². The Morgan fingerprint density at radius 1 is 1.35 bits per heavy atom. The van der Waals surface area contributed by atoms with Gasteiger partial charge >= 0.3 is 0 Å². The van der Waals surface area contributed by atoms with E-state index >= 15 is 0 Å². The van der Waals surface area contributed by atoms with E-state index in [0.717, 1.165) is 18.4 Å². The lowest BCUT2D eigenvalue weighted by molar-refractivity contribution is 0.371. The molecule has 0 bridgehead atoms. The van der Waals surface area contributed by atoms with Crippen LogP contribution in [0, 0.1) is 5.92 Å². The van der Waals surface area contributed by atoms with E-state index in [1.165, 1.54) is 0 Å². The molecule has 2 aromatic rings. The molecule has 0 saturated heterocycles. The highest BCUT2D eigenvalue weighted by Crippen LogP contribution is 2.29. The predicted octanol–water partition coefficient (Wildman–Crippen LogP) is 3.57. The molecule has 0 aliphatic heterocycles. The van der Waals surface area contributed by atoms with Gasteiger partial charge in [0.05, 0.1) is 6.04 Å². The van der Waals surface area contributed by atoms with Crippen LogP contribution in [0.1, 0.15) is 39.7 Å². The first-order valence-electron chi connectivity index (χ1n) is 6.86. The van der Waals surface area contributed by atoms with Gasteiger partial charge in [-0.25, -0.2) is 4.68 Å². The van der Waals surface area contributed by atoms with Gasteiger partial charge in [0, 0.05) is 16.3 Å². The molecule has 5 nitrogen and oxygen atoms in total. The van der Waals surface area contributed by atoms with E-state index in [2.05, 4.69) is 36.3 Å². The van der Waals surface area contributed by atoms with Crippen LogP contribution in [0.25, 0.3) is 11.4 Å². The van der Waals surface area contributed by atoms with E-state index in [-0.39, 0.29) is 6.04 Å². The number of hydrogen-bond donors (Lipinski definition) is 1. The van der Waals surface area contributed by atoms with Crippen molar-refractivity contribution in [2.45, 2.75) is 39.7 Å². The molecular weight excluding hydrogens is 274 g/mol. The van der Waals surface area contributed by atoms with Gasteiger partial charge in [0.25, 0.3) is 0 Å². The third kappa shape index (κ3) is 3.10. The maximum Gasteiger partial charge on any atom is 0.184 e. The fourth-order valence-electron chi connectivity index (χ4n) is 2.24. The van der Waals surface area contributed by atoms with Crippen molar-refractivity contribution in [1.29, 1.82) is 0 Å². The molecule has 0 fully saturated rings. The average Bonchev–Trinajstić information content (AvgIpc) is 2.90. The number of halogens is 1. The number of rotatable bonds is 5. The number of benzene rings is 1. The average molecular weight is 294 g/mol. The Bertz CT molecular complexity index is 581. The SMILES string of the molecule is CCC(C)CC(C)n1nnnc1-c1cc(Cl)ccc1N. The molecule has 0 spiro atoms. The number of anilines is 1. The molecular formula is C14H20ClN5. The van der Waals surface area contributed by atoms with Crippen LogP contribution in [0.5, 0.6) is 0 Å². The lowest BCUT2D eigenvalue weighted by Gasteiger charge is -2.17. The van der Waals surface area contributed by atoms with Crippen LogP contribution < -0.4 is 5.73 Å². The zero-order valence-electron chi connectivity index (χ0n) is 12.0. The Labute approximate surface area is 124 Å². The van der Waals surface area contributed by atoms with E-state index < -0.39 is 0 Å². The fourth-order valence-corrected chi connectivity index (χ4v) is 2.41. The van der Waals surface area contributed by atoms with Crippen LogP contribution in [0.2, 0.25) is 5.02 Å². The van der Waals surface area contributed by atoms with Crippen LogP contribution in [0.3, 0.4) is 0 Å². The molecule has 6 heteroatoms. The second-order valence-electron chi connectivity index (χ2n) is 5.28. The molecule has 2 atom stereocenters. The Balaban J connectivity index is 2.35. The molecule has 0 radical (unpaired) electrons. The van der Waals surface area contributed by atoms with Crippen LogP contribution >= 0.6 is 11.6 Å². The van der Waals surface area contributed by atoms with Gasteiger partial charge in [0.15, 0.2) is 5.82 Å². The zero-order chi connectivity index (χ0) is 14.7. The molecule has 1 aromatic carbocycles. The summed E-state index contributed by atoms with van der Waals surface area (Å²) in [6.45, 7) is 6.54. The number of nitrogen functional groups attached to an aromatic ring is 1. The summed E-state index contributed by atoms with van der Waals surface area (Å²) in [6.07, 6.45) is 2.16. The van der Waals surface area contributed by atoms with E-state index in [9.17, 15) is 0 Å². The zero-order valence-corrected chi connectivity index (χ0v) is 12.8. The van der Waals surface area contributed by atoms with Crippen molar-refractivity contribution < 1.29 is 0 Å². The van der Waals surface area contributed by atoms with Crippen molar-refractivity contribution in [3.8, 4) is 11.4 Å². The number of aromatic nitrogens is 4. The molecule has 1 heterocycles. The van der Waals surface area contributed by atoms with Gasteiger partial charge in [-0.1, -0.05) is 31.9 Å². The summed E-state index contributed by atoms with van der Waals surface area (Å²) >= 11 is 6.04. The highest BCUT2D eigenvalue weighted by atomic mass is 35.5. The van der Waals surface area contributed by atoms with Crippen molar-refractivity contribution in [2.75, 3.05) is 5.73 Å².